The van der Waals surface area contributed by atoms with Crippen molar-refractivity contribution in [2.24, 2.45) is 11.5 Å². The molecular weight excluding hydrogens is 215 g/mol. The Bertz CT molecular complexity index is 477. The predicted octanol–water partition coefficient (Wildman–Crippen LogP) is 2.45. The Morgan fingerprint density at radius 2 is 1.35 bits per heavy atom. The lowest BCUT2D eigenvalue weighted by Gasteiger charge is -2.09. The summed E-state index contributed by atoms with van der Waals surface area (Å²) in [6.45, 7) is 0.426. The van der Waals surface area contributed by atoms with Gasteiger partial charge in [-0.15, -0.1) is 0 Å². The van der Waals surface area contributed by atoms with E-state index in [2.05, 4.69) is 0 Å². The van der Waals surface area contributed by atoms with Crippen LogP contribution in [0, 0.1) is 5.82 Å². The van der Waals surface area contributed by atoms with Crippen molar-refractivity contribution in [3.05, 3.63) is 59.9 Å². The molecular formula is C14H15FN2. The number of benzene rings is 2. The van der Waals surface area contributed by atoms with Gasteiger partial charge in [0.15, 0.2) is 0 Å². The topological polar surface area (TPSA) is 52.0 Å². The minimum absolute atomic E-state index is 0.128. The van der Waals surface area contributed by atoms with E-state index in [-0.39, 0.29) is 11.9 Å². The minimum Gasteiger partial charge on any atom is -0.329 e. The van der Waals surface area contributed by atoms with E-state index in [1.54, 1.807) is 12.1 Å². The van der Waals surface area contributed by atoms with Gasteiger partial charge in [0.1, 0.15) is 5.82 Å². The normalized spacial score (nSPS) is 12.4. The molecule has 0 aromatic heterocycles. The Morgan fingerprint density at radius 3 is 1.82 bits per heavy atom. The summed E-state index contributed by atoms with van der Waals surface area (Å²) >= 11 is 0. The number of rotatable bonds is 3. The smallest absolute Gasteiger partial charge is 0.123 e. The Morgan fingerprint density at radius 1 is 0.882 bits per heavy atom. The van der Waals surface area contributed by atoms with Gasteiger partial charge in [-0.2, -0.15) is 0 Å². The average Bonchev–Trinajstić information content (AvgIpc) is 2.39. The van der Waals surface area contributed by atoms with Gasteiger partial charge in [-0.25, -0.2) is 4.39 Å². The molecule has 0 saturated heterocycles. The van der Waals surface area contributed by atoms with Crippen LogP contribution in [-0.2, 0) is 0 Å². The fourth-order valence-corrected chi connectivity index (χ4v) is 1.70. The highest BCUT2D eigenvalue weighted by molar-refractivity contribution is 5.63. The number of hydrogen-bond acceptors (Lipinski definition) is 2. The van der Waals surface area contributed by atoms with Gasteiger partial charge in [0.05, 0.1) is 0 Å². The fraction of sp³-hybridized carbons (Fsp3) is 0.143. The highest BCUT2D eigenvalue weighted by Gasteiger charge is 2.03. The maximum absolute atomic E-state index is 12.8. The zero-order chi connectivity index (χ0) is 12.3. The van der Waals surface area contributed by atoms with Gasteiger partial charge < -0.3 is 11.5 Å². The van der Waals surface area contributed by atoms with Crippen molar-refractivity contribution in [3.8, 4) is 11.1 Å². The summed E-state index contributed by atoms with van der Waals surface area (Å²) in [6.07, 6.45) is 0. The second-order valence-corrected chi connectivity index (χ2v) is 3.97. The van der Waals surface area contributed by atoms with Gasteiger partial charge in [-0.3, -0.25) is 0 Å². The quantitative estimate of drug-likeness (QED) is 0.851. The Labute approximate surface area is 100 Å². The predicted molar refractivity (Wildman–Crippen MR) is 67.8 cm³/mol. The fourth-order valence-electron chi connectivity index (χ4n) is 1.70. The monoisotopic (exact) mass is 230 g/mol. The standard InChI is InChI=1S/C14H15FN2/c15-13-7-5-11(6-8-13)10-1-3-12(4-2-10)14(17)9-16/h1-8,14H,9,16-17H2/t14-/m1/s1. The van der Waals surface area contributed by atoms with E-state index in [9.17, 15) is 4.39 Å². The Kier molecular flexibility index (Phi) is 3.52. The average molecular weight is 230 g/mol. The van der Waals surface area contributed by atoms with Crippen LogP contribution in [0.5, 0.6) is 0 Å². The molecule has 0 aliphatic carbocycles. The van der Waals surface area contributed by atoms with Crippen LogP contribution in [0.2, 0.25) is 0 Å². The second-order valence-electron chi connectivity index (χ2n) is 3.97. The van der Waals surface area contributed by atoms with E-state index < -0.39 is 0 Å². The van der Waals surface area contributed by atoms with Crippen LogP contribution in [0.4, 0.5) is 4.39 Å². The zero-order valence-electron chi connectivity index (χ0n) is 9.44. The van der Waals surface area contributed by atoms with Crippen LogP contribution in [0.3, 0.4) is 0 Å². The maximum Gasteiger partial charge on any atom is 0.123 e. The van der Waals surface area contributed by atoms with Crippen LogP contribution < -0.4 is 11.5 Å². The molecule has 0 fully saturated rings. The van der Waals surface area contributed by atoms with Crippen LogP contribution >= 0.6 is 0 Å². The highest BCUT2D eigenvalue weighted by atomic mass is 19.1. The molecule has 2 aromatic carbocycles. The Hall–Kier alpha value is -1.71. The summed E-state index contributed by atoms with van der Waals surface area (Å²) in [4.78, 5) is 0. The van der Waals surface area contributed by atoms with Crippen molar-refractivity contribution in [2.45, 2.75) is 6.04 Å². The molecule has 0 aliphatic rings. The SMILES string of the molecule is NC[C@@H](N)c1ccc(-c2ccc(F)cc2)cc1. The molecule has 1 atom stereocenters. The maximum atomic E-state index is 12.8. The molecule has 2 aromatic rings. The molecule has 0 amide bonds. The summed E-state index contributed by atoms with van der Waals surface area (Å²) in [5.74, 6) is -0.226. The number of halogens is 1. The molecule has 0 unspecified atom stereocenters. The highest BCUT2D eigenvalue weighted by Crippen LogP contribution is 2.21. The number of nitrogens with two attached hydrogens (primary N) is 2. The van der Waals surface area contributed by atoms with Crippen LogP contribution in [0.1, 0.15) is 11.6 Å². The molecule has 2 nitrogen and oxygen atoms in total. The number of hydrogen-bond donors (Lipinski definition) is 2. The van der Waals surface area contributed by atoms with Gasteiger partial charge in [0.25, 0.3) is 0 Å². The van der Waals surface area contributed by atoms with Crippen molar-refractivity contribution in [2.75, 3.05) is 6.54 Å². The van der Waals surface area contributed by atoms with E-state index >= 15 is 0 Å². The van der Waals surface area contributed by atoms with Gasteiger partial charge in [0.2, 0.25) is 0 Å². The molecule has 0 heterocycles. The summed E-state index contributed by atoms with van der Waals surface area (Å²) < 4.78 is 12.8. The largest absolute Gasteiger partial charge is 0.329 e. The summed E-state index contributed by atoms with van der Waals surface area (Å²) in [5.41, 5.74) is 14.4. The molecule has 0 bridgehead atoms. The third-order valence-electron chi connectivity index (χ3n) is 2.77. The van der Waals surface area contributed by atoms with Crippen molar-refractivity contribution in [3.63, 3.8) is 0 Å². The van der Waals surface area contributed by atoms with E-state index in [1.807, 2.05) is 24.3 Å². The molecule has 0 radical (unpaired) electrons. The molecule has 0 saturated carbocycles. The molecule has 0 aliphatic heterocycles. The first-order valence-corrected chi connectivity index (χ1v) is 5.52. The van der Waals surface area contributed by atoms with Gasteiger partial charge in [-0.05, 0) is 28.8 Å². The lowest BCUT2D eigenvalue weighted by Crippen LogP contribution is -2.20. The van der Waals surface area contributed by atoms with Crippen molar-refractivity contribution < 1.29 is 4.39 Å². The Balaban J connectivity index is 2.26. The zero-order valence-corrected chi connectivity index (χ0v) is 9.44. The molecule has 0 spiro atoms. The van der Waals surface area contributed by atoms with Crippen LogP contribution in [-0.4, -0.2) is 6.54 Å². The second kappa shape index (κ2) is 5.08. The van der Waals surface area contributed by atoms with Crippen LogP contribution in [0.25, 0.3) is 11.1 Å². The molecule has 3 heteroatoms. The van der Waals surface area contributed by atoms with Crippen LogP contribution in [0.15, 0.2) is 48.5 Å². The van der Waals surface area contributed by atoms with E-state index in [4.69, 9.17) is 11.5 Å². The molecule has 17 heavy (non-hydrogen) atoms. The van der Waals surface area contributed by atoms with E-state index in [0.29, 0.717) is 6.54 Å². The van der Waals surface area contributed by atoms with Crippen molar-refractivity contribution in [1.29, 1.82) is 0 Å². The lowest BCUT2D eigenvalue weighted by molar-refractivity contribution is 0.628. The first-order chi connectivity index (χ1) is 8.20. The third-order valence-corrected chi connectivity index (χ3v) is 2.77. The van der Waals surface area contributed by atoms with E-state index in [0.717, 1.165) is 16.7 Å². The minimum atomic E-state index is -0.226. The first-order valence-electron chi connectivity index (χ1n) is 5.52. The van der Waals surface area contributed by atoms with E-state index in [1.165, 1.54) is 12.1 Å². The first kappa shape index (κ1) is 11.8. The van der Waals surface area contributed by atoms with Gasteiger partial charge in [0, 0.05) is 12.6 Å². The third kappa shape index (κ3) is 2.70. The summed E-state index contributed by atoms with van der Waals surface area (Å²) in [6, 6.07) is 14.1. The van der Waals surface area contributed by atoms with Crippen molar-refractivity contribution in [1.82, 2.24) is 0 Å². The molecule has 2 rings (SSSR count). The van der Waals surface area contributed by atoms with Crippen molar-refractivity contribution >= 4 is 0 Å². The molecule has 88 valence electrons. The lowest BCUT2D eigenvalue weighted by atomic mass is 10.0. The van der Waals surface area contributed by atoms with Gasteiger partial charge >= 0.3 is 0 Å². The van der Waals surface area contributed by atoms with Gasteiger partial charge in [-0.1, -0.05) is 36.4 Å². The summed E-state index contributed by atoms with van der Waals surface area (Å²) in [5, 5.41) is 0. The summed E-state index contributed by atoms with van der Waals surface area (Å²) in [7, 11) is 0. The molecule has 4 N–H and O–H groups in total.